The Morgan fingerprint density at radius 1 is 1.08 bits per heavy atom. The first kappa shape index (κ1) is 28.8. The lowest BCUT2D eigenvalue weighted by atomic mass is 9.87. The number of hydrogen-bond donors (Lipinski definition) is 1. The summed E-state index contributed by atoms with van der Waals surface area (Å²) in [7, 11) is 1.55. The third-order valence-electron chi connectivity index (χ3n) is 7.10. The van der Waals surface area contributed by atoms with Crippen LogP contribution in [0.5, 0.6) is 17.2 Å². The van der Waals surface area contributed by atoms with Crippen LogP contribution < -0.4 is 19.5 Å². The van der Waals surface area contributed by atoms with Crippen molar-refractivity contribution in [2.45, 2.75) is 57.8 Å². The number of amides is 2. The third-order valence-corrected chi connectivity index (χ3v) is 8.09. The van der Waals surface area contributed by atoms with Gasteiger partial charge in [0.05, 0.1) is 11.9 Å². The summed E-state index contributed by atoms with van der Waals surface area (Å²) < 4.78 is 28.6. The minimum atomic E-state index is -0.526. The summed E-state index contributed by atoms with van der Waals surface area (Å²) in [4.78, 5) is 35.2. The number of rotatable bonds is 11. The van der Waals surface area contributed by atoms with E-state index in [4.69, 9.17) is 23.7 Å². The van der Waals surface area contributed by atoms with Crippen LogP contribution in [0.2, 0.25) is 0 Å². The highest BCUT2D eigenvalue weighted by atomic mass is 32.2. The average Bonchev–Trinajstić information content (AvgIpc) is 3.23. The molecule has 1 saturated heterocycles. The number of fused-ring (bicyclic) bond motifs is 1. The van der Waals surface area contributed by atoms with Gasteiger partial charge in [-0.1, -0.05) is 23.9 Å². The fraction of sp³-hybridized carbons (Fsp3) is 0.483. The SMILES string of the molecule is COCCOC(=O)COc1c(C)c(C)c2c(c1C)CCC(C)(COc1ccc(CC3SC(=O)NC3=O)cc1)O2. The summed E-state index contributed by atoms with van der Waals surface area (Å²) >= 11 is 1.03. The molecule has 2 aromatic rings. The zero-order valence-corrected chi connectivity index (χ0v) is 23.8. The van der Waals surface area contributed by atoms with Crippen LogP contribution in [0.25, 0.3) is 0 Å². The first-order chi connectivity index (χ1) is 18.6. The van der Waals surface area contributed by atoms with Crippen LogP contribution in [0.15, 0.2) is 24.3 Å². The van der Waals surface area contributed by atoms with Gasteiger partial charge in [-0.25, -0.2) is 4.79 Å². The van der Waals surface area contributed by atoms with Crippen molar-refractivity contribution in [2.24, 2.45) is 0 Å². The van der Waals surface area contributed by atoms with Gasteiger partial charge >= 0.3 is 5.97 Å². The number of carbonyl (C=O) groups excluding carboxylic acids is 3. The van der Waals surface area contributed by atoms with Crippen molar-refractivity contribution < 1.29 is 38.1 Å². The van der Waals surface area contributed by atoms with Gasteiger partial charge in [-0.3, -0.25) is 14.9 Å². The number of methoxy groups -OCH3 is 1. The van der Waals surface area contributed by atoms with Crippen LogP contribution in [0.4, 0.5) is 4.79 Å². The molecule has 1 fully saturated rings. The Bertz CT molecular complexity index is 1250. The topological polar surface area (TPSA) is 109 Å². The summed E-state index contributed by atoms with van der Waals surface area (Å²) in [6, 6.07) is 7.57. The molecule has 2 aliphatic rings. The molecule has 210 valence electrons. The minimum Gasteiger partial charge on any atom is -0.489 e. The second-order valence-corrected chi connectivity index (χ2v) is 11.3. The molecular formula is C29H35NO8S. The molecule has 2 aromatic carbocycles. The molecule has 4 rings (SSSR count). The van der Waals surface area contributed by atoms with Crippen LogP contribution in [0.1, 0.15) is 41.2 Å². The lowest BCUT2D eigenvalue weighted by Gasteiger charge is -2.38. The van der Waals surface area contributed by atoms with E-state index < -0.39 is 16.8 Å². The normalized spacial score (nSPS) is 20.2. The maximum atomic E-state index is 12.0. The highest BCUT2D eigenvalue weighted by Crippen LogP contribution is 2.44. The van der Waals surface area contributed by atoms with Crippen molar-refractivity contribution in [3.05, 3.63) is 52.1 Å². The maximum absolute atomic E-state index is 12.0. The lowest BCUT2D eigenvalue weighted by molar-refractivity contribution is -0.147. The number of thioether (sulfide) groups is 1. The Kier molecular flexibility index (Phi) is 9.07. The molecule has 0 spiro atoms. The summed E-state index contributed by atoms with van der Waals surface area (Å²) in [5.41, 5.74) is 4.37. The van der Waals surface area contributed by atoms with Gasteiger partial charge in [0.1, 0.15) is 36.1 Å². The lowest BCUT2D eigenvalue weighted by Crippen LogP contribution is -2.42. The van der Waals surface area contributed by atoms with Gasteiger partial charge in [0.25, 0.3) is 5.24 Å². The van der Waals surface area contributed by atoms with Gasteiger partial charge in [0, 0.05) is 12.7 Å². The highest BCUT2D eigenvalue weighted by Gasteiger charge is 2.36. The molecular weight excluding hydrogens is 522 g/mol. The first-order valence-corrected chi connectivity index (χ1v) is 13.8. The van der Waals surface area contributed by atoms with E-state index in [1.807, 2.05) is 52.0 Å². The molecule has 0 aromatic heterocycles. The first-order valence-electron chi connectivity index (χ1n) is 12.9. The molecule has 2 heterocycles. The maximum Gasteiger partial charge on any atom is 0.344 e. The Morgan fingerprint density at radius 2 is 1.82 bits per heavy atom. The Hall–Kier alpha value is -3.24. The molecule has 2 aliphatic heterocycles. The molecule has 0 aliphatic carbocycles. The Morgan fingerprint density at radius 3 is 2.49 bits per heavy atom. The van der Waals surface area contributed by atoms with Gasteiger partial charge in [0.2, 0.25) is 5.91 Å². The smallest absolute Gasteiger partial charge is 0.344 e. The van der Waals surface area contributed by atoms with Crippen LogP contribution in [0.3, 0.4) is 0 Å². The second-order valence-electron chi connectivity index (χ2n) is 10.1. The van der Waals surface area contributed by atoms with Gasteiger partial charge in [0.15, 0.2) is 6.61 Å². The number of imide groups is 1. The molecule has 10 heteroatoms. The van der Waals surface area contributed by atoms with Crippen molar-refractivity contribution in [2.75, 3.05) is 33.5 Å². The van der Waals surface area contributed by atoms with Crippen molar-refractivity contribution >= 4 is 28.9 Å². The van der Waals surface area contributed by atoms with Crippen LogP contribution in [-0.2, 0) is 31.9 Å². The van der Waals surface area contributed by atoms with Crippen LogP contribution >= 0.6 is 11.8 Å². The van der Waals surface area contributed by atoms with E-state index in [0.29, 0.717) is 31.1 Å². The number of hydrogen-bond acceptors (Lipinski definition) is 9. The van der Waals surface area contributed by atoms with E-state index in [2.05, 4.69) is 5.32 Å². The zero-order chi connectivity index (χ0) is 28.2. The molecule has 2 amide bonds. The molecule has 0 bridgehead atoms. The molecule has 0 radical (unpaired) electrons. The summed E-state index contributed by atoms with van der Waals surface area (Å²) in [6.07, 6.45) is 2.02. The molecule has 2 atom stereocenters. The summed E-state index contributed by atoms with van der Waals surface area (Å²) in [5, 5.41) is 1.63. The third kappa shape index (κ3) is 6.86. The monoisotopic (exact) mass is 557 g/mol. The molecule has 39 heavy (non-hydrogen) atoms. The van der Waals surface area contributed by atoms with Gasteiger partial charge in [-0.05, 0) is 81.3 Å². The average molecular weight is 558 g/mol. The number of ether oxygens (including phenoxy) is 5. The van der Waals surface area contributed by atoms with E-state index in [1.54, 1.807) is 7.11 Å². The molecule has 2 unspecified atom stereocenters. The summed E-state index contributed by atoms with van der Waals surface area (Å²) in [6.45, 7) is 8.73. The highest BCUT2D eigenvalue weighted by molar-refractivity contribution is 8.15. The predicted octanol–water partition coefficient (Wildman–Crippen LogP) is 4.24. The standard InChI is InChI=1S/C29H35NO8S/c1-17-18(2)26-22(19(3)25(17)36-15-24(31)35-13-12-34-5)10-11-29(4,38-26)16-37-21-8-6-20(7-9-21)14-23-27(32)30-28(33)39-23/h6-9,23H,10-16H2,1-5H3,(H,30,32,33). The number of benzene rings is 2. The van der Waals surface area contributed by atoms with E-state index in [1.165, 1.54) is 0 Å². The largest absolute Gasteiger partial charge is 0.489 e. The fourth-order valence-corrected chi connectivity index (χ4v) is 5.57. The van der Waals surface area contributed by atoms with Crippen molar-refractivity contribution in [3.63, 3.8) is 0 Å². The fourth-order valence-electron chi connectivity index (χ4n) is 4.71. The van der Waals surface area contributed by atoms with Gasteiger partial charge in [-0.2, -0.15) is 0 Å². The molecule has 0 saturated carbocycles. The summed E-state index contributed by atoms with van der Waals surface area (Å²) in [5.74, 6) is 1.56. The van der Waals surface area contributed by atoms with Crippen molar-refractivity contribution in [1.29, 1.82) is 0 Å². The van der Waals surface area contributed by atoms with E-state index in [-0.39, 0.29) is 24.4 Å². The Labute approximate surface area is 232 Å². The van der Waals surface area contributed by atoms with Gasteiger partial charge < -0.3 is 23.7 Å². The zero-order valence-electron chi connectivity index (χ0n) is 23.0. The molecule has 9 nitrogen and oxygen atoms in total. The quantitative estimate of drug-likeness (QED) is 0.321. The van der Waals surface area contributed by atoms with E-state index in [9.17, 15) is 14.4 Å². The van der Waals surface area contributed by atoms with Crippen molar-refractivity contribution in [3.8, 4) is 17.2 Å². The van der Waals surface area contributed by atoms with Crippen molar-refractivity contribution in [1.82, 2.24) is 5.32 Å². The minimum absolute atomic E-state index is 0.167. The van der Waals surface area contributed by atoms with Gasteiger partial charge in [-0.15, -0.1) is 0 Å². The number of esters is 1. The van der Waals surface area contributed by atoms with Crippen LogP contribution in [-0.4, -0.2) is 61.5 Å². The Balaban J connectivity index is 1.37. The van der Waals surface area contributed by atoms with E-state index >= 15 is 0 Å². The second kappa shape index (κ2) is 12.3. The predicted molar refractivity (Wildman–Crippen MR) is 147 cm³/mol. The number of carbonyl (C=O) groups is 3. The molecule has 1 N–H and O–H groups in total. The number of nitrogens with one attached hydrogen (secondary N) is 1. The van der Waals surface area contributed by atoms with E-state index in [0.717, 1.165) is 58.2 Å². The van der Waals surface area contributed by atoms with Crippen LogP contribution in [0, 0.1) is 20.8 Å².